The fraction of sp³-hybridized carbons (Fsp3) is 0.400. The number of carbonyl (C=O) groups excluding carboxylic acids is 1. The van der Waals surface area contributed by atoms with Crippen molar-refractivity contribution in [3.63, 3.8) is 0 Å². The molecule has 4 rings (SSSR count). The van der Waals surface area contributed by atoms with E-state index in [1.165, 1.54) is 25.7 Å². The van der Waals surface area contributed by atoms with Crippen molar-refractivity contribution in [3.8, 4) is 11.3 Å². The molecule has 27 heavy (non-hydrogen) atoms. The number of hydrogen-bond acceptors (Lipinski definition) is 4. The Bertz CT molecular complexity index is 993. The third-order valence-electron chi connectivity index (χ3n) is 5.41. The quantitative estimate of drug-likeness (QED) is 0.430. The summed E-state index contributed by atoms with van der Waals surface area (Å²) in [5, 5.41) is 0.621. The number of carbonyl (C=O) groups is 1. The summed E-state index contributed by atoms with van der Waals surface area (Å²) in [5.41, 5.74) is 3.31. The zero-order chi connectivity index (χ0) is 19.0. The molecular weight excluding hydrogens is 383 g/mol. The van der Waals surface area contributed by atoms with Crippen LogP contribution in [0.15, 0.2) is 24.7 Å². The van der Waals surface area contributed by atoms with E-state index in [0.717, 1.165) is 29.8 Å². The molecule has 5 nitrogen and oxygen atoms in total. The lowest BCUT2D eigenvalue weighted by Gasteiger charge is -2.26. The standard InChI is InChI=1S/C20H20Cl2N4O/c1-12-2-4-13(5-3-12)9-26-10-15(11-27)18-19(26)17(24-20(22)25-18)14-6-16(21)8-23-7-14/h6-8,10-13H,2-5,9H2,1H3/t12-,13-. The zero-order valence-electron chi connectivity index (χ0n) is 15.0. The molecule has 140 valence electrons. The maximum absolute atomic E-state index is 11.6. The second-order valence-corrected chi connectivity index (χ2v) is 8.19. The smallest absolute Gasteiger partial charge is 0.223 e. The normalized spacial score (nSPS) is 20.1. The van der Waals surface area contributed by atoms with Crippen molar-refractivity contribution in [2.45, 2.75) is 39.2 Å². The van der Waals surface area contributed by atoms with Crippen LogP contribution in [0.3, 0.4) is 0 Å². The topological polar surface area (TPSA) is 60.7 Å². The van der Waals surface area contributed by atoms with E-state index in [1.807, 2.05) is 6.20 Å². The van der Waals surface area contributed by atoms with E-state index < -0.39 is 0 Å². The van der Waals surface area contributed by atoms with Crippen LogP contribution < -0.4 is 0 Å². The fourth-order valence-electron chi connectivity index (χ4n) is 3.96. The van der Waals surface area contributed by atoms with Gasteiger partial charge in [-0.05, 0) is 42.3 Å². The second kappa shape index (κ2) is 7.56. The first-order chi connectivity index (χ1) is 13.0. The monoisotopic (exact) mass is 402 g/mol. The van der Waals surface area contributed by atoms with Gasteiger partial charge in [-0.1, -0.05) is 31.4 Å². The molecule has 3 aromatic heterocycles. The van der Waals surface area contributed by atoms with E-state index in [2.05, 4.69) is 26.4 Å². The Hall–Kier alpha value is -1.98. The van der Waals surface area contributed by atoms with Crippen molar-refractivity contribution in [1.82, 2.24) is 19.5 Å². The van der Waals surface area contributed by atoms with Crippen LogP contribution >= 0.6 is 23.2 Å². The molecule has 7 heteroatoms. The summed E-state index contributed by atoms with van der Waals surface area (Å²) in [5.74, 6) is 1.38. The first-order valence-corrected chi connectivity index (χ1v) is 9.93. The maximum atomic E-state index is 11.6. The lowest BCUT2D eigenvalue weighted by Crippen LogP contribution is -2.17. The van der Waals surface area contributed by atoms with Gasteiger partial charge in [-0.2, -0.15) is 0 Å². The van der Waals surface area contributed by atoms with E-state index in [-0.39, 0.29) is 5.28 Å². The van der Waals surface area contributed by atoms with Gasteiger partial charge in [0.25, 0.3) is 0 Å². The Labute approximate surface area is 167 Å². The van der Waals surface area contributed by atoms with Gasteiger partial charge in [0.15, 0.2) is 6.29 Å². The van der Waals surface area contributed by atoms with Crippen molar-refractivity contribution in [1.29, 1.82) is 0 Å². The van der Waals surface area contributed by atoms with Crippen LogP contribution in [0.1, 0.15) is 43.0 Å². The molecular formula is C20H20Cl2N4O. The van der Waals surface area contributed by atoms with Gasteiger partial charge in [-0.25, -0.2) is 9.97 Å². The van der Waals surface area contributed by atoms with Crippen LogP contribution in [0.25, 0.3) is 22.3 Å². The zero-order valence-corrected chi connectivity index (χ0v) is 16.5. The van der Waals surface area contributed by atoms with Crippen LogP contribution in [0.2, 0.25) is 10.3 Å². The molecule has 1 fully saturated rings. The van der Waals surface area contributed by atoms with Crippen LogP contribution in [0.5, 0.6) is 0 Å². The van der Waals surface area contributed by atoms with E-state index >= 15 is 0 Å². The minimum Gasteiger partial charge on any atom is -0.343 e. The van der Waals surface area contributed by atoms with Crippen molar-refractivity contribution in [2.24, 2.45) is 11.8 Å². The molecule has 0 aromatic carbocycles. The number of rotatable bonds is 4. The lowest BCUT2D eigenvalue weighted by atomic mass is 9.83. The van der Waals surface area contributed by atoms with Gasteiger partial charge >= 0.3 is 0 Å². The average Bonchev–Trinajstić information content (AvgIpc) is 3.00. The molecule has 1 aliphatic rings. The Morgan fingerprint density at radius 3 is 2.67 bits per heavy atom. The minimum atomic E-state index is 0.102. The Kier molecular flexibility index (Phi) is 5.15. The molecule has 0 atom stereocenters. The number of fused-ring (bicyclic) bond motifs is 1. The van der Waals surface area contributed by atoms with Crippen LogP contribution in [0, 0.1) is 11.8 Å². The third kappa shape index (κ3) is 3.71. The average molecular weight is 403 g/mol. The molecule has 0 amide bonds. The van der Waals surface area contributed by atoms with Gasteiger partial charge in [0.05, 0.1) is 16.1 Å². The molecule has 0 bridgehead atoms. The Morgan fingerprint density at radius 2 is 1.96 bits per heavy atom. The molecule has 1 saturated carbocycles. The van der Waals surface area contributed by atoms with E-state index in [4.69, 9.17) is 23.2 Å². The first-order valence-electron chi connectivity index (χ1n) is 9.17. The molecule has 0 aliphatic heterocycles. The number of nitrogens with zero attached hydrogens (tertiary/aromatic N) is 4. The Balaban J connectivity index is 1.85. The summed E-state index contributed by atoms with van der Waals surface area (Å²) in [4.78, 5) is 24.6. The van der Waals surface area contributed by atoms with Crippen molar-refractivity contribution < 1.29 is 4.79 Å². The van der Waals surface area contributed by atoms with E-state index in [0.29, 0.717) is 27.7 Å². The summed E-state index contributed by atoms with van der Waals surface area (Å²) < 4.78 is 2.10. The highest BCUT2D eigenvalue weighted by Crippen LogP contribution is 2.34. The summed E-state index contributed by atoms with van der Waals surface area (Å²) in [6, 6.07) is 1.80. The number of hydrogen-bond donors (Lipinski definition) is 0. The van der Waals surface area contributed by atoms with Crippen molar-refractivity contribution >= 4 is 40.5 Å². The number of aromatic nitrogens is 4. The highest BCUT2D eigenvalue weighted by molar-refractivity contribution is 6.31. The third-order valence-corrected chi connectivity index (χ3v) is 5.78. The summed E-state index contributed by atoms with van der Waals surface area (Å²) in [7, 11) is 0. The molecule has 3 aromatic rings. The SMILES string of the molecule is C[C@H]1CC[C@H](Cn2cc(C=O)c3nc(Cl)nc(-c4cncc(Cl)c4)c32)CC1. The molecule has 0 saturated heterocycles. The predicted octanol–water partition coefficient (Wildman–Crippen LogP) is 5.44. The number of halogens is 2. The molecule has 1 aliphatic carbocycles. The number of aldehydes is 1. The second-order valence-electron chi connectivity index (χ2n) is 7.41. The molecule has 0 spiro atoms. The van der Waals surface area contributed by atoms with Gasteiger partial charge in [-0.15, -0.1) is 0 Å². The molecule has 0 radical (unpaired) electrons. The predicted molar refractivity (Wildman–Crippen MR) is 107 cm³/mol. The fourth-order valence-corrected chi connectivity index (χ4v) is 4.30. The van der Waals surface area contributed by atoms with Gasteiger partial charge in [0.2, 0.25) is 5.28 Å². The van der Waals surface area contributed by atoms with Crippen LogP contribution in [-0.4, -0.2) is 25.8 Å². The maximum Gasteiger partial charge on any atom is 0.223 e. The molecule has 3 heterocycles. The summed E-state index contributed by atoms with van der Waals surface area (Å²) in [6.07, 6.45) is 10.8. The van der Waals surface area contributed by atoms with Crippen molar-refractivity contribution in [2.75, 3.05) is 0 Å². The van der Waals surface area contributed by atoms with Gasteiger partial charge in [-0.3, -0.25) is 9.78 Å². The van der Waals surface area contributed by atoms with Gasteiger partial charge in [0.1, 0.15) is 11.2 Å². The van der Waals surface area contributed by atoms with Gasteiger partial charge in [0, 0.05) is 30.7 Å². The minimum absolute atomic E-state index is 0.102. The first kappa shape index (κ1) is 18.4. The molecule has 0 N–H and O–H groups in total. The summed E-state index contributed by atoms with van der Waals surface area (Å²) >= 11 is 12.3. The van der Waals surface area contributed by atoms with E-state index in [1.54, 1.807) is 18.5 Å². The molecule has 0 unspecified atom stereocenters. The lowest BCUT2D eigenvalue weighted by molar-refractivity contribution is 0.112. The Morgan fingerprint density at radius 1 is 1.19 bits per heavy atom. The van der Waals surface area contributed by atoms with Crippen LogP contribution in [0.4, 0.5) is 0 Å². The van der Waals surface area contributed by atoms with Crippen LogP contribution in [-0.2, 0) is 6.54 Å². The van der Waals surface area contributed by atoms with E-state index in [9.17, 15) is 4.79 Å². The highest BCUT2D eigenvalue weighted by Gasteiger charge is 2.22. The summed E-state index contributed by atoms with van der Waals surface area (Å²) in [6.45, 7) is 3.15. The number of pyridine rings is 1. The van der Waals surface area contributed by atoms with Crippen molar-refractivity contribution in [3.05, 3.63) is 40.5 Å². The van der Waals surface area contributed by atoms with Gasteiger partial charge < -0.3 is 4.57 Å². The highest BCUT2D eigenvalue weighted by atomic mass is 35.5. The largest absolute Gasteiger partial charge is 0.343 e.